The summed E-state index contributed by atoms with van der Waals surface area (Å²) < 4.78 is 90.2. The lowest BCUT2D eigenvalue weighted by Gasteiger charge is -2.35. The average Bonchev–Trinajstić information content (AvgIpc) is 2.88. The lowest BCUT2D eigenvalue weighted by Crippen LogP contribution is -2.40. The zero-order chi connectivity index (χ0) is 29.6. The molecule has 2 aromatic rings. The summed E-state index contributed by atoms with van der Waals surface area (Å²) in [5.74, 6) is -3.52. The SMILES string of the molecule is CC(=O)N1CCc2nc(NCC(F)F)c(N3CCC(Oc4ccc(F)cc4F)CC3)nc2C1.O=C(O)C(F)(F)F. The van der Waals surface area contributed by atoms with Crippen molar-refractivity contribution in [2.45, 2.75) is 51.4 Å². The Morgan fingerprint density at radius 1 is 1.12 bits per heavy atom. The number of aromatic nitrogens is 2. The zero-order valence-corrected chi connectivity index (χ0v) is 21.2. The van der Waals surface area contributed by atoms with Gasteiger partial charge in [-0.25, -0.2) is 32.3 Å². The molecule has 0 spiro atoms. The van der Waals surface area contributed by atoms with Crippen molar-refractivity contribution >= 4 is 23.5 Å². The molecule has 2 aliphatic rings. The van der Waals surface area contributed by atoms with Crippen molar-refractivity contribution in [3.8, 4) is 5.75 Å². The van der Waals surface area contributed by atoms with Crippen LogP contribution < -0.4 is 15.0 Å². The Morgan fingerprint density at radius 2 is 1.77 bits per heavy atom. The van der Waals surface area contributed by atoms with Gasteiger partial charge in [0, 0.05) is 51.9 Å². The lowest BCUT2D eigenvalue weighted by molar-refractivity contribution is -0.192. The van der Waals surface area contributed by atoms with Crippen LogP contribution in [0.3, 0.4) is 0 Å². The van der Waals surface area contributed by atoms with E-state index >= 15 is 0 Å². The van der Waals surface area contributed by atoms with Gasteiger partial charge in [0.2, 0.25) is 5.91 Å². The third kappa shape index (κ3) is 8.32. The van der Waals surface area contributed by atoms with Gasteiger partial charge in [-0.2, -0.15) is 13.2 Å². The topological polar surface area (TPSA) is 108 Å². The molecule has 1 aromatic carbocycles. The molecular formula is C24H26F7N5O4. The van der Waals surface area contributed by atoms with Crippen molar-refractivity contribution in [2.24, 2.45) is 0 Å². The maximum atomic E-state index is 13.9. The molecule has 3 heterocycles. The van der Waals surface area contributed by atoms with Crippen LogP contribution in [0.15, 0.2) is 18.2 Å². The summed E-state index contributed by atoms with van der Waals surface area (Å²) in [6.07, 6.45) is -6.34. The van der Waals surface area contributed by atoms with Gasteiger partial charge in [0.05, 0.1) is 24.5 Å². The standard InChI is InChI=1S/C22H25F4N5O2.C2HF3O2/c1-13(32)31-9-6-17-18(12-31)29-22(21(28-17)27-11-20(25)26)30-7-4-15(5-8-30)33-19-3-2-14(23)10-16(19)24;3-2(4,5)1(6)7/h2-3,10,15,20H,4-9,11-12H2,1H3,(H,27,28);(H,6,7). The summed E-state index contributed by atoms with van der Waals surface area (Å²) >= 11 is 0. The van der Waals surface area contributed by atoms with E-state index < -0.39 is 36.8 Å². The summed E-state index contributed by atoms with van der Waals surface area (Å²) in [5.41, 5.74) is 1.35. The Bertz CT molecular complexity index is 1210. The number of piperidine rings is 1. The summed E-state index contributed by atoms with van der Waals surface area (Å²) in [4.78, 5) is 33.5. The van der Waals surface area contributed by atoms with Crippen molar-refractivity contribution in [3.05, 3.63) is 41.2 Å². The number of hydrogen-bond donors (Lipinski definition) is 2. The van der Waals surface area contributed by atoms with Gasteiger partial charge in [-0.1, -0.05) is 0 Å². The second-order valence-corrected chi connectivity index (χ2v) is 8.93. The number of aliphatic carboxylic acids is 1. The number of alkyl halides is 5. The monoisotopic (exact) mass is 581 g/mol. The first-order valence-electron chi connectivity index (χ1n) is 12.1. The van der Waals surface area contributed by atoms with Gasteiger partial charge < -0.3 is 25.0 Å². The molecule has 1 fully saturated rings. The van der Waals surface area contributed by atoms with Crippen LogP contribution in [0, 0.1) is 11.6 Å². The van der Waals surface area contributed by atoms with E-state index in [4.69, 9.17) is 19.6 Å². The Labute approximate surface area is 223 Å². The van der Waals surface area contributed by atoms with Crippen LogP contribution in [-0.4, -0.2) is 76.7 Å². The first-order valence-corrected chi connectivity index (χ1v) is 12.1. The summed E-state index contributed by atoms with van der Waals surface area (Å²) in [6.45, 7) is 2.74. The number of amides is 1. The van der Waals surface area contributed by atoms with Crippen molar-refractivity contribution in [1.82, 2.24) is 14.9 Å². The number of carbonyl (C=O) groups is 2. The Balaban J connectivity index is 0.000000559. The molecule has 0 atom stereocenters. The highest BCUT2D eigenvalue weighted by Gasteiger charge is 2.38. The first kappa shape index (κ1) is 30.7. The maximum absolute atomic E-state index is 13.9. The number of carbonyl (C=O) groups excluding carboxylic acids is 1. The molecule has 0 radical (unpaired) electrons. The molecular weight excluding hydrogens is 555 g/mol. The van der Waals surface area contributed by atoms with Gasteiger partial charge in [0.1, 0.15) is 11.9 Å². The minimum Gasteiger partial charge on any atom is -0.487 e. The van der Waals surface area contributed by atoms with Crippen LogP contribution in [0.4, 0.5) is 42.4 Å². The number of anilines is 2. The summed E-state index contributed by atoms with van der Waals surface area (Å²) in [7, 11) is 0. The predicted octanol–water partition coefficient (Wildman–Crippen LogP) is 4.02. The van der Waals surface area contributed by atoms with E-state index in [2.05, 4.69) is 10.3 Å². The minimum absolute atomic E-state index is 0.00737. The molecule has 16 heteroatoms. The van der Waals surface area contributed by atoms with Gasteiger partial charge in [-0.3, -0.25) is 4.79 Å². The van der Waals surface area contributed by atoms with E-state index in [1.807, 2.05) is 4.90 Å². The van der Waals surface area contributed by atoms with Crippen LogP contribution in [0.2, 0.25) is 0 Å². The van der Waals surface area contributed by atoms with E-state index in [0.717, 1.165) is 12.1 Å². The van der Waals surface area contributed by atoms with Crippen LogP contribution in [0.5, 0.6) is 5.75 Å². The van der Waals surface area contributed by atoms with E-state index in [-0.39, 0.29) is 23.6 Å². The molecule has 220 valence electrons. The average molecular weight is 581 g/mol. The fourth-order valence-electron chi connectivity index (χ4n) is 4.04. The molecule has 2 aliphatic heterocycles. The Hall–Kier alpha value is -3.85. The highest BCUT2D eigenvalue weighted by atomic mass is 19.4. The molecule has 2 N–H and O–H groups in total. The van der Waals surface area contributed by atoms with Crippen molar-refractivity contribution in [3.63, 3.8) is 0 Å². The first-order chi connectivity index (χ1) is 18.7. The Kier molecular flexibility index (Phi) is 9.98. The van der Waals surface area contributed by atoms with Crippen LogP contribution >= 0.6 is 0 Å². The molecule has 0 unspecified atom stereocenters. The largest absolute Gasteiger partial charge is 0.490 e. The van der Waals surface area contributed by atoms with Gasteiger partial charge in [0.25, 0.3) is 6.43 Å². The third-order valence-electron chi connectivity index (χ3n) is 6.03. The second kappa shape index (κ2) is 13.0. The number of hydrogen-bond acceptors (Lipinski definition) is 7. The van der Waals surface area contributed by atoms with Crippen LogP contribution in [0.1, 0.15) is 31.2 Å². The number of benzene rings is 1. The lowest BCUT2D eigenvalue weighted by atomic mass is 10.1. The van der Waals surface area contributed by atoms with E-state index in [1.165, 1.54) is 13.0 Å². The molecule has 4 rings (SSSR count). The maximum Gasteiger partial charge on any atom is 0.490 e. The van der Waals surface area contributed by atoms with Crippen molar-refractivity contribution in [2.75, 3.05) is 36.4 Å². The van der Waals surface area contributed by atoms with Gasteiger partial charge >= 0.3 is 12.1 Å². The minimum atomic E-state index is -5.08. The number of carboxylic acid groups (broad SMARTS) is 1. The fraction of sp³-hybridized carbons (Fsp3) is 0.500. The number of fused-ring (bicyclic) bond motifs is 1. The van der Waals surface area contributed by atoms with E-state index in [1.54, 1.807) is 4.90 Å². The molecule has 40 heavy (non-hydrogen) atoms. The highest BCUT2D eigenvalue weighted by molar-refractivity contribution is 5.74. The third-order valence-corrected chi connectivity index (χ3v) is 6.03. The van der Waals surface area contributed by atoms with Gasteiger partial charge in [-0.05, 0) is 12.1 Å². The van der Waals surface area contributed by atoms with Crippen LogP contribution in [-0.2, 0) is 22.6 Å². The summed E-state index contributed by atoms with van der Waals surface area (Å²) in [6, 6.07) is 3.18. The fourth-order valence-corrected chi connectivity index (χ4v) is 4.04. The molecule has 1 saturated heterocycles. The van der Waals surface area contributed by atoms with Crippen molar-refractivity contribution < 1.29 is 50.2 Å². The van der Waals surface area contributed by atoms with Gasteiger partial charge in [0.15, 0.2) is 23.2 Å². The molecule has 0 bridgehead atoms. The normalized spacial score (nSPS) is 15.7. The highest BCUT2D eigenvalue weighted by Crippen LogP contribution is 2.30. The zero-order valence-electron chi connectivity index (χ0n) is 21.2. The number of halogens is 7. The number of nitrogens with one attached hydrogen (secondary N) is 1. The second-order valence-electron chi connectivity index (χ2n) is 8.93. The Morgan fingerprint density at radius 3 is 2.33 bits per heavy atom. The number of carboxylic acids is 1. The molecule has 1 aromatic heterocycles. The van der Waals surface area contributed by atoms with E-state index in [9.17, 15) is 35.5 Å². The van der Waals surface area contributed by atoms with E-state index in [0.29, 0.717) is 62.6 Å². The van der Waals surface area contributed by atoms with Gasteiger partial charge in [-0.15, -0.1) is 0 Å². The summed E-state index contributed by atoms with van der Waals surface area (Å²) in [5, 5.41) is 9.82. The molecule has 9 nitrogen and oxygen atoms in total. The quantitative estimate of drug-likeness (QED) is 0.493. The number of ether oxygens (including phenoxy) is 1. The smallest absolute Gasteiger partial charge is 0.487 e. The number of rotatable bonds is 6. The molecule has 1 amide bonds. The predicted molar refractivity (Wildman–Crippen MR) is 127 cm³/mol. The van der Waals surface area contributed by atoms with Crippen LogP contribution in [0.25, 0.3) is 0 Å². The van der Waals surface area contributed by atoms with Crippen molar-refractivity contribution in [1.29, 1.82) is 0 Å². The molecule has 0 aliphatic carbocycles. The number of nitrogens with zero attached hydrogens (tertiary/aromatic N) is 4. The molecule has 0 saturated carbocycles.